The predicted octanol–water partition coefficient (Wildman–Crippen LogP) is 0.954. The molecule has 102 valence electrons. The Morgan fingerprint density at radius 2 is 2.05 bits per heavy atom. The van der Waals surface area contributed by atoms with Gasteiger partial charge in [-0.1, -0.05) is 18.2 Å². The fraction of sp³-hybridized carbons (Fsp3) is 0.385. The molecule has 2 amide bonds. The van der Waals surface area contributed by atoms with Gasteiger partial charge in [0.25, 0.3) is 0 Å². The average Bonchev–Trinajstić information content (AvgIpc) is 2.86. The van der Waals surface area contributed by atoms with Gasteiger partial charge in [-0.25, -0.2) is 4.79 Å². The average molecular weight is 263 g/mol. The summed E-state index contributed by atoms with van der Waals surface area (Å²) in [7, 11) is 0. The molecule has 1 saturated heterocycles. The van der Waals surface area contributed by atoms with Crippen molar-refractivity contribution in [3.8, 4) is 0 Å². The summed E-state index contributed by atoms with van der Waals surface area (Å²) in [5.41, 5.74) is 5.57. The minimum atomic E-state index is -1.01. The van der Waals surface area contributed by atoms with Gasteiger partial charge in [-0.3, -0.25) is 4.79 Å². The zero-order valence-electron chi connectivity index (χ0n) is 10.5. The standard InChI is InChI=1S/C13H17N3O3/c14-8-13(6-7-16(9-13)12(18)19)11(17)15-10-4-2-1-3-5-10/h1-5H,6-9,14H2,(H,15,17)(H,18,19). The van der Waals surface area contributed by atoms with Gasteiger partial charge >= 0.3 is 6.09 Å². The van der Waals surface area contributed by atoms with E-state index in [0.717, 1.165) is 0 Å². The van der Waals surface area contributed by atoms with E-state index >= 15 is 0 Å². The molecule has 1 aromatic rings. The van der Waals surface area contributed by atoms with E-state index in [9.17, 15) is 9.59 Å². The van der Waals surface area contributed by atoms with Gasteiger partial charge in [0.15, 0.2) is 0 Å². The number of nitrogens with zero attached hydrogens (tertiary/aromatic N) is 1. The second kappa shape index (κ2) is 5.27. The number of carboxylic acid groups (broad SMARTS) is 1. The van der Waals surface area contributed by atoms with E-state index in [-0.39, 0.29) is 19.0 Å². The third-order valence-electron chi connectivity index (χ3n) is 3.53. The molecule has 1 fully saturated rings. The maximum Gasteiger partial charge on any atom is 0.407 e. The number of amides is 2. The Hall–Kier alpha value is -2.08. The van der Waals surface area contributed by atoms with Crippen LogP contribution in [0.5, 0.6) is 0 Å². The Kier molecular flexibility index (Phi) is 3.71. The number of carbonyl (C=O) groups is 2. The van der Waals surface area contributed by atoms with Crippen LogP contribution in [0.4, 0.5) is 10.5 Å². The van der Waals surface area contributed by atoms with E-state index in [2.05, 4.69) is 5.32 Å². The Bertz CT molecular complexity index is 477. The number of likely N-dealkylation sites (tertiary alicyclic amines) is 1. The fourth-order valence-electron chi connectivity index (χ4n) is 2.27. The van der Waals surface area contributed by atoms with E-state index in [1.165, 1.54) is 4.90 Å². The Labute approximate surface area is 111 Å². The Morgan fingerprint density at radius 3 is 2.58 bits per heavy atom. The van der Waals surface area contributed by atoms with E-state index in [1.54, 1.807) is 12.1 Å². The summed E-state index contributed by atoms with van der Waals surface area (Å²) < 4.78 is 0. The molecule has 1 aromatic carbocycles. The van der Waals surface area contributed by atoms with Gasteiger partial charge in [-0.2, -0.15) is 0 Å². The molecule has 0 spiro atoms. The summed E-state index contributed by atoms with van der Waals surface area (Å²) in [5.74, 6) is -0.218. The van der Waals surface area contributed by atoms with Crippen LogP contribution in [-0.2, 0) is 4.79 Å². The number of para-hydroxylation sites is 1. The summed E-state index contributed by atoms with van der Waals surface area (Å²) in [5, 5.41) is 11.8. The maximum absolute atomic E-state index is 12.3. The van der Waals surface area contributed by atoms with Crippen LogP contribution in [0.1, 0.15) is 6.42 Å². The van der Waals surface area contributed by atoms with Gasteiger partial charge in [-0.15, -0.1) is 0 Å². The van der Waals surface area contributed by atoms with Gasteiger partial charge in [0, 0.05) is 25.3 Å². The number of hydrogen-bond acceptors (Lipinski definition) is 3. The van der Waals surface area contributed by atoms with Crippen LogP contribution >= 0.6 is 0 Å². The quantitative estimate of drug-likeness (QED) is 0.756. The number of carbonyl (C=O) groups excluding carboxylic acids is 1. The predicted molar refractivity (Wildman–Crippen MR) is 70.8 cm³/mol. The molecule has 0 aromatic heterocycles. The monoisotopic (exact) mass is 263 g/mol. The van der Waals surface area contributed by atoms with E-state index < -0.39 is 11.5 Å². The summed E-state index contributed by atoms with van der Waals surface area (Å²) in [6, 6.07) is 9.07. The highest BCUT2D eigenvalue weighted by Gasteiger charge is 2.45. The van der Waals surface area contributed by atoms with Crippen LogP contribution in [-0.4, -0.2) is 41.6 Å². The van der Waals surface area contributed by atoms with Crippen LogP contribution in [0.3, 0.4) is 0 Å². The zero-order valence-corrected chi connectivity index (χ0v) is 10.5. The molecular formula is C13H17N3O3. The maximum atomic E-state index is 12.3. The summed E-state index contributed by atoms with van der Waals surface area (Å²) in [6.45, 7) is 0.627. The molecule has 1 atom stereocenters. The van der Waals surface area contributed by atoms with Crippen LogP contribution in [0.15, 0.2) is 30.3 Å². The lowest BCUT2D eigenvalue weighted by molar-refractivity contribution is -0.124. The van der Waals surface area contributed by atoms with Gasteiger partial charge < -0.3 is 21.1 Å². The molecule has 0 radical (unpaired) electrons. The first kappa shape index (κ1) is 13.4. The smallest absolute Gasteiger partial charge is 0.407 e. The minimum absolute atomic E-state index is 0.134. The molecule has 1 aliphatic rings. The molecule has 1 unspecified atom stereocenters. The van der Waals surface area contributed by atoms with Crippen LogP contribution in [0, 0.1) is 5.41 Å². The lowest BCUT2D eigenvalue weighted by Crippen LogP contribution is -2.45. The second-order valence-corrected chi connectivity index (χ2v) is 4.76. The number of nitrogens with two attached hydrogens (primary N) is 1. The largest absolute Gasteiger partial charge is 0.465 e. The number of nitrogens with one attached hydrogen (secondary N) is 1. The van der Waals surface area contributed by atoms with E-state index in [4.69, 9.17) is 10.8 Å². The molecule has 0 saturated carbocycles. The highest BCUT2D eigenvalue weighted by atomic mass is 16.4. The highest BCUT2D eigenvalue weighted by Crippen LogP contribution is 2.31. The van der Waals surface area contributed by atoms with Crippen molar-refractivity contribution in [2.45, 2.75) is 6.42 Å². The molecule has 1 aliphatic heterocycles. The third kappa shape index (κ3) is 2.68. The lowest BCUT2D eigenvalue weighted by Gasteiger charge is -2.25. The molecule has 1 heterocycles. The number of benzene rings is 1. The Balaban J connectivity index is 2.10. The van der Waals surface area contributed by atoms with Gasteiger partial charge in [0.05, 0.1) is 5.41 Å². The molecule has 0 aliphatic carbocycles. The first-order chi connectivity index (χ1) is 9.07. The van der Waals surface area contributed by atoms with Crippen molar-refractivity contribution in [2.24, 2.45) is 11.1 Å². The summed E-state index contributed by atoms with van der Waals surface area (Å²) in [6.07, 6.45) is -0.558. The van der Waals surface area contributed by atoms with E-state index in [1.807, 2.05) is 18.2 Å². The van der Waals surface area contributed by atoms with Crippen molar-refractivity contribution in [1.82, 2.24) is 4.90 Å². The molecule has 2 rings (SSSR count). The summed E-state index contributed by atoms with van der Waals surface area (Å²) >= 11 is 0. The fourth-order valence-corrected chi connectivity index (χ4v) is 2.27. The normalized spacial score (nSPS) is 22.3. The molecule has 0 bridgehead atoms. The second-order valence-electron chi connectivity index (χ2n) is 4.76. The van der Waals surface area contributed by atoms with E-state index in [0.29, 0.717) is 18.7 Å². The number of anilines is 1. The van der Waals surface area contributed by atoms with Crippen molar-refractivity contribution < 1.29 is 14.7 Å². The van der Waals surface area contributed by atoms with Crippen molar-refractivity contribution in [3.63, 3.8) is 0 Å². The van der Waals surface area contributed by atoms with Crippen molar-refractivity contribution in [2.75, 3.05) is 25.0 Å². The molecule has 4 N–H and O–H groups in total. The SMILES string of the molecule is NCC1(C(=O)Nc2ccccc2)CCN(C(=O)O)C1. The van der Waals surface area contributed by atoms with Gasteiger partial charge in [0.2, 0.25) is 5.91 Å². The van der Waals surface area contributed by atoms with Gasteiger partial charge in [-0.05, 0) is 18.6 Å². The van der Waals surface area contributed by atoms with Crippen LogP contribution in [0.25, 0.3) is 0 Å². The highest BCUT2D eigenvalue weighted by molar-refractivity contribution is 5.96. The number of rotatable bonds is 3. The van der Waals surface area contributed by atoms with Crippen molar-refractivity contribution in [1.29, 1.82) is 0 Å². The molecular weight excluding hydrogens is 246 g/mol. The first-order valence-electron chi connectivity index (χ1n) is 6.12. The number of hydrogen-bond donors (Lipinski definition) is 3. The Morgan fingerprint density at radius 1 is 1.37 bits per heavy atom. The molecule has 6 nitrogen and oxygen atoms in total. The molecule has 6 heteroatoms. The minimum Gasteiger partial charge on any atom is -0.465 e. The first-order valence-corrected chi connectivity index (χ1v) is 6.12. The van der Waals surface area contributed by atoms with Crippen molar-refractivity contribution in [3.05, 3.63) is 30.3 Å². The molecule has 19 heavy (non-hydrogen) atoms. The lowest BCUT2D eigenvalue weighted by atomic mass is 9.86. The van der Waals surface area contributed by atoms with Crippen LogP contribution < -0.4 is 11.1 Å². The van der Waals surface area contributed by atoms with Crippen LogP contribution in [0.2, 0.25) is 0 Å². The van der Waals surface area contributed by atoms with Crippen molar-refractivity contribution >= 4 is 17.7 Å². The van der Waals surface area contributed by atoms with Gasteiger partial charge in [0.1, 0.15) is 0 Å². The third-order valence-corrected chi connectivity index (χ3v) is 3.53. The zero-order chi connectivity index (χ0) is 13.9. The topological polar surface area (TPSA) is 95.7 Å². The summed E-state index contributed by atoms with van der Waals surface area (Å²) in [4.78, 5) is 24.5.